The van der Waals surface area contributed by atoms with Crippen molar-refractivity contribution in [2.45, 2.75) is 24.2 Å². The molecular weight excluding hydrogens is 375 g/mol. The van der Waals surface area contributed by atoms with Gasteiger partial charge < -0.3 is 14.8 Å². The molecule has 1 aliphatic rings. The van der Waals surface area contributed by atoms with Gasteiger partial charge in [0, 0.05) is 33.4 Å². The van der Waals surface area contributed by atoms with Crippen LogP contribution in [0.25, 0.3) is 0 Å². The highest BCUT2D eigenvalue weighted by atomic mass is 32.2. The maximum Gasteiger partial charge on any atom is 0.243 e. The fourth-order valence-electron chi connectivity index (χ4n) is 2.90. The molecule has 1 unspecified atom stereocenters. The molecule has 1 aromatic rings. The number of hydrogen-bond acceptors (Lipinski definition) is 5. The van der Waals surface area contributed by atoms with Crippen LogP contribution in [0.5, 0.6) is 0 Å². The van der Waals surface area contributed by atoms with Gasteiger partial charge in [0.2, 0.25) is 15.9 Å². The molecular formula is C18H27FN2O5S. The SMILES string of the molecule is COCCOCCCNC(=O)C1CCCN(S(=O)(=O)c2ccc(F)cc2)C1. The molecule has 0 radical (unpaired) electrons. The molecule has 1 aliphatic heterocycles. The van der Waals surface area contributed by atoms with E-state index >= 15 is 0 Å². The van der Waals surface area contributed by atoms with Crippen molar-refractivity contribution in [3.8, 4) is 0 Å². The summed E-state index contributed by atoms with van der Waals surface area (Å²) < 4.78 is 49.9. The van der Waals surface area contributed by atoms with Crippen LogP contribution in [0.15, 0.2) is 29.2 Å². The summed E-state index contributed by atoms with van der Waals surface area (Å²) in [4.78, 5) is 12.4. The Hall–Kier alpha value is -1.55. The number of methoxy groups -OCH3 is 1. The van der Waals surface area contributed by atoms with Gasteiger partial charge in [-0.25, -0.2) is 12.8 Å². The largest absolute Gasteiger partial charge is 0.382 e. The van der Waals surface area contributed by atoms with E-state index in [-0.39, 0.29) is 23.3 Å². The molecule has 0 aromatic heterocycles. The van der Waals surface area contributed by atoms with E-state index in [9.17, 15) is 17.6 Å². The van der Waals surface area contributed by atoms with Gasteiger partial charge in [-0.05, 0) is 43.5 Å². The molecule has 1 atom stereocenters. The van der Waals surface area contributed by atoms with Crippen LogP contribution in [0.1, 0.15) is 19.3 Å². The topological polar surface area (TPSA) is 84.9 Å². The number of carbonyl (C=O) groups excluding carboxylic acids is 1. The lowest BCUT2D eigenvalue weighted by Gasteiger charge is -2.31. The molecule has 1 fully saturated rings. The van der Waals surface area contributed by atoms with E-state index < -0.39 is 15.8 Å². The van der Waals surface area contributed by atoms with Crippen LogP contribution in [0.2, 0.25) is 0 Å². The van der Waals surface area contributed by atoms with Gasteiger partial charge in [-0.1, -0.05) is 0 Å². The van der Waals surface area contributed by atoms with Crippen molar-refractivity contribution in [1.29, 1.82) is 0 Å². The number of piperidine rings is 1. The van der Waals surface area contributed by atoms with Gasteiger partial charge in [0.25, 0.3) is 0 Å². The molecule has 1 heterocycles. The highest BCUT2D eigenvalue weighted by Crippen LogP contribution is 2.24. The van der Waals surface area contributed by atoms with E-state index in [4.69, 9.17) is 9.47 Å². The van der Waals surface area contributed by atoms with E-state index in [2.05, 4.69) is 5.32 Å². The Morgan fingerprint density at radius 2 is 2.00 bits per heavy atom. The highest BCUT2D eigenvalue weighted by Gasteiger charge is 2.33. The summed E-state index contributed by atoms with van der Waals surface area (Å²) in [6, 6.07) is 4.74. The summed E-state index contributed by atoms with van der Waals surface area (Å²) in [5.41, 5.74) is 0. The fourth-order valence-corrected chi connectivity index (χ4v) is 4.43. The third-order valence-corrected chi connectivity index (χ3v) is 6.28. The van der Waals surface area contributed by atoms with Gasteiger partial charge in [-0.15, -0.1) is 0 Å². The predicted octanol–water partition coefficient (Wildman–Crippen LogP) is 1.40. The average molecular weight is 402 g/mol. The Morgan fingerprint density at radius 3 is 2.70 bits per heavy atom. The van der Waals surface area contributed by atoms with Crippen LogP contribution in [0.4, 0.5) is 4.39 Å². The second-order valence-corrected chi connectivity index (χ2v) is 8.34. The molecule has 152 valence electrons. The van der Waals surface area contributed by atoms with Crippen molar-refractivity contribution >= 4 is 15.9 Å². The molecule has 0 aliphatic carbocycles. The minimum absolute atomic E-state index is 0.0400. The summed E-state index contributed by atoms with van der Waals surface area (Å²) in [6.07, 6.45) is 1.93. The zero-order valence-corrected chi connectivity index (χ0v) is 16.3. The van der Waals surface area contributed by atoms with Crippen molar-refractivity contribution in [3.63, 3.8) is 0 Å². The lowest BCUT2D eigenvalue weighted by atomic mass is 9.99. The van der Waals surface area contributed by atoms with Gasteiger partial charge in [0.15, 0.2) is 0 Å². The smallest absolute Gasteiger partial charge is 0.243 e. The molecule has 0 saturated carbocycles. The summed E-state index contributed by atoms with van der Waals surface area (Å²) in [5, 5.41) is 2.84. The van der Waals surface area contributed by atoms with Gasteiger partial charge >= 0.3 is 0 Å². The van der Waals surface area contributed by atoms with Crippen molar-refractivity contribution in [3.05, 3.63) is 30.1 Å². The van der Waals surface area contributed by atoms with Crippen molar-refractivity contribution in [2.75, 3.05) is 46.6 Å². The first-order valence-electron chi connectivity index (χ1n) is 9.05. The van der Waals surface area contributed by atoms with Crippen molar-refractivity contribution < 1.29 is 27.1 Å². The maximum atomic E-state index is 13.0. The predicted molar refractivity (Wildman–Crippen MR) is 98.2 cm³/mol. The van der Waals surface area contributed by atoms with Gasteiger partial charge in [0.05, 0.1) is 24.0 Å². The molecule has 1 saturated heterocycles. The van der Waals surface area contributed by atoms with E-state index in [1.54, 1.807) is 7.11 Å². The minimum Gasteiger partial charge on any atom is -0.382 e. The number of nitrogens with zero attached hydrogens (tertiary/aromatic N) is 1. The summed E-state index contributed by atoms with van der Waals surface area (Å²) in [6.45, 7) is 2.55. The fraction of sp³-hybridized carbons (Fsp3) is 0.611. The van der Waals surface area contributed by atoms with Gasteiger partial charge in [-0.3, -0.25) is 4.79 Å². The lowest BCUT2D eigenvalue weighted by Crippen LogP contribution is -2.45. The normalized spacial score (nSPS) is 18.4. The molecule has 9 heteroatoms. The summed E-state index contributed by atoms with van der Waals surface area (Å²) in [5.74, 6) is -1.02. The van der Waals surface area contributed by atoms with Crippen LogP contribution < -0.4 is 5.32 Å². The van der Waals surface area contributed by atoms with E-state index in [1.165, 1.54) is 16.4 Å². The number of rotatable bonds is 10. The average Bonchev–Trinajstić information content (AvgIpc) is 2.67. The second kappa shape index (κ2) is 10.7. The Bertz CT molecular complexity index is 696. The third kappa shape index (κ3) is 6.53. The molecule has 1 N–H and O–H groups in total. The summed E-state index contributed by atoms with van der Waals surface area (Å²) >= 11 is 0. The molecule has 27 heavy (non-hydrogen) atoms. The Morgan fingerprint density at radius 1 is 1.26 bits per heavy atom. The van der Waals surface area contributed by atoms with Gasteiger partial charge in [0.1, 0.15) is 5.82 Å². The number of sulfonamides is 1. The standard InChI is InChI=1S/C18H27FN2O5S/c1-25-12-13-26-11-3-9-20-18(22)15-4-2-10-21(14-15)27(23,24)17-7-5-16(19)6-8-17/h5-8,15H,2-4,9-14H2,1H3,(H,20,22). The van der Waals surface area contributed by atoms with Crippen LogP contribution in [0.3, 0.4) is 0 Å². The van der Waals surface area contributed by atoms with Crippen molar-refractivity contribution in [1.82, 2.24) is 9.62 Å². The first-order chi connectivity index (χ1) is 12.9. The lowest BCUT2D eigenvalue weighted by molar-refractivity contribution is -0.126. The van der Waals surface area contributed by atoms with Gasteiger partial charge in [-0.2, -0.15) is 4.31 Å². The highest BCUT2D eigenvalue weighted by molar-refractivity contribution is 7.89. The molecule has 7 nitrogen and oxygen atoms in total. The number of amides is 1. The quantitative estimate of drug-likeness (QED) is 0.598. The van der Waals surface area contributed by atoms with E-state index in [0.717, 1.165) is 12.1 Å². The summed E-state index contributed by atoms with van der Waals surface area (Å²) in [7, 11) is -2.12. The Balaban J connectivity index is 1.82. The number of hydrogen-bond donors (Lipinski definition) is 1. The van der Waals surface area contributed by atoms with E-state index in [1.807, 2.05) is 0 Å². The molecule has 1 aromatic carbocycles. The van der Waals surface area contributed by atoms with Crippen LogP contribution in [0, 0.1) is 11.7 Å². The number of nitrogens with one attached hydrogen (secondary N) is 1. The molecule has 0 bridgehead atoms. The molecule has 2 rings (SSSR count). The molecule has 1 amide bonds. The Kier molecular flexibility index (Phi) is 8.62. The Labute approximate surface area is 159 Å². The molecule has 0 spiro atoms. The van der Waals surface area contributed by atoms with Crippen LogP contribution >= 0.6 is 0 Å². The third-order valence-electron chi connectivity index (χ3n) is 4.40. The number of ether oxygens (including phenoxy) is 2. The first kappa shape index (κ1) is 21.7. The van der Waals surface area contributed by atoms with Crippen molar-refractivity contribution in [2.24, 2.45) is 5.92 Å². The second-order valence-electron chi connectivity index (χ2n) is 6.41. The maximum absolute atomic E-state index is 13.0. The first-order valence-corrected chi connectivity index (χ1v) is 10.5. The van der Waals surface area contributed by atoms with Crippen LogP contribution in [-0.2, 0) is 24.3 Å². The zero-order chi connectivity index (χ0) is 19.7. The number of halogens is 1. The monoisotopic (exact) mass is 402 g/mol. The minimum atomic E-state index is -3.73. The number of benzene rings is 1. The zero-order valence-electron chi connectivity index (χ0n) is 15.5. The van der Waals surface area contributed by atoms with E-state index in [0.29, 0.717) is 52.2 Å². The van der Waals surface area contributed by atoms with Crippen LogP contribution in [-0.4, -0.2) is 65.2 Å². The number of carbonyl (C=O) groups is 1.